The van der Waals surface area contributed by atoms with E-state index in [1.54, 1.807) is 0 Å². The molecule has 0 aromatic rings. The Kier molecular flexibility index (Phi) is 3.57. The van der Waals surface area contributed by atoms with E-state index in [2.05, 4.69) is 6.92 Å². The molecule has 1 aliphatic heterocycles. The summed E-state index contributed by atoms with van der Waals surface area (Å²) in [6, 6.07) is 0. The maximum Gasteiger partial charge on any atom is 0.193 e. The van der Waals surface area contributed by atoms with Crippen molar-refractivity contribution in [3.63, 3.8) is 0 Å². The van der Waals surface area contributed by atoms with Crippen LogP contribution in [0.5, 0.6) is 0 Å². The molecule has 11 heavy (non-hydrogen) atoms. The number of rotatable bonds is 5. The molecule has 0 N–H and O–H groups in total. The Morgan fingerprint density at radius 1 is 1.45 bits per heavy atom. The second-order valence-electron chi connectivity index (χ2n) is 2.99. The lowest BCUT2D eigenvalue weighted by Gasteiger charge is -2.23. The predicted molar refractivity (Wildman–Crippen MR) is 42.9 cm³/mol. The van der Waals surface area contributed by atoms with Gasteiger partial charge in [0.15, 0.2) is 12.4 Å². The van der Waals surface area contributed by atoms with Crippen LogP contribution in [0.2, 0.25) is 0 Å². The third kappa shape index (κ3) is 2.62. The fourth-order valence-corrected chi connectivity index (χ4v) is 1.19. The normalized spacial score (nSPS) is 23.4. The molecule has 0 saturated carbocycles. The van der Waals surface area contributed by atoms with Gasteiger partial charge in [0.25, 0.3) is 0 Å². The van der Waals surface area contributed by atoms with E-state index in [9.17, 15) is 4.79 Å². The third-order valence-corrected chi connectivity index (χ3v) is 1.99. The quantitative estimate of drug-likeness (QED) is 0.568. The molecular formula is C9H15O2. The van der Waals surface area contributed by atoms with E-state index in [1.165, 1.54) is 25.9 Å². The summed E-state index contributed by atoms with van der Waals surface area (Å²) >= 11 is 0. The number of carbonyl (C=O) groups excluding carboxylic acids is 1. The molecular weight excluding hydrogens is 140 g/mol. The van der Waals surface area contributed by atoms with Crippen molar-refractivity contribution in [2.45, 2.75) is 45.1 Å². The van der Waals surface area contributed by atoms with Gasteiger partial charge in [-0.1, -0.05) is 32.6 Å². The first-order chi connectivity index (χ1) is 5.34. The van der Waals surface area contributed by atoms with Gasteiger partial charge < -0.3 is 4.74 Å². The van der Waals surface area contributed by atoms with Crippen molar-refractivity contribution in [2.75, 3.05) is 0 Å². The van der Waals surface area contributed by atoms with E-state index in [1.807, 2.05) is 0 Å². The van der Waals surface area contributed by atoms with Crippen molar-refractivity contribution in [3.8, 4) is 0 Å². The summed E-state index contributed by atoms with van der Waals surface area (Å²) in [7, 11) is 0. The maximum absolute atomic E-state index is 10.7. The van der Waals surface area contributed by atoms with Gasteiger partial charge in [-0.05, 0) is 6.42 Å². The molecule has 2 nitrogen and oxygen atoms in total. The zero-order valence-corrected chi connectivity index (χ0v) is 7.01. The van der Waals surface area contributed by atoms with Gasteiger partial charge in [-0.15, -0.1) is 0 Å². The molecule has 0 bridgehead atoms. The first-order valence-electron chi connectivity index (χ1n) is 4.37. The Labute approximate surface area is 67.9 Å². The number of carbonyl (C=O) groups is 1. The molecule has 0 aromatic carbocycles. The minimum atomic E-state index is -0.0909. The molecule has 1 atom stereocenters. The first-order valence-corrected chi connectivity index (χ1v) is 4.37. The van der Waals surface area contributed by atoms with Crippen LogP contribution in [0.15, 0.2) is 0 Å². The Morgan fingerprint density at radius 2 is 2.27 bits per heavy atom. The van der Waals surface area contributed by atoms with Crippen molar-refractivity contribution in [1.82, 2.24) is 0 Å². The van der Waals surface area contributed by atoms with Crippen LogP contribution in [-0.4, -0.2) is 11.9 Å². The van der Waals surface area contributed by atoms with Gasteiger partial charge >= 0.3 is 0 Å². The number of unbranched alkanes of at least 4 members (excludes halogenated alkanes) is 3. The second-order valence-corrected chi connectivity index (χ2v) is 2.99. The fraction of sp³-hybridized carbons (Fsp3) is 0.778. The molecule has 1 unspecified atom stereocenters. The zero-order chi connectivity index (χ0) is 8.10. The van der Waals surface area contributed by atoms with Crippen LogP contribution in [0.25, 0.3) is 0 Å². The minimum Gasteiger partial charge on any atom is -0.356 e. The monoisotopic (exact) mass is 155 g/mol. The van der Waals surface area contributed by atoms with Crippen molar-refractivity contribution in [3.05, 3.63) is 6.61 Å². The van der Waals surface area contributed by atoms with Crippen LogP contribution in [0.4, 0.5) is 0 Å². The molecule has 1 saturated heterocycles. The van der Waals surface area contributed by atoms with Gasteiger partial charge in [0.1, 0.15) is 6.10 Å². The highest BCUT2D eigenvalue weighted by Gasteiger charge is 2.28. The summed E-state index contributed by atoms with van der Waals surface area (Å²) in [5.41, 5.74) is 0. The average molecular weight is 155 g/mol. The molecule has 63 valence electrons. The first kappa shape index (κ1) is 8.72. The Balaban J connectivity index is 1.91. The van der Waals surface area contributed by atoms with Crippen LogP contribution in [0.3, 0.4) is 0 Å². The van der Waals surface area contributed by atoms with Crippen molar-refractivity contribution < 1.29 is 9.53 Å². The number of hydrogen-bond donors (Lipinski definition) is 0. The summed E-state index contributed by atoms with van der Waals surface area (Å²) in [6.07, 6.45) is 5.68. The summed E-state index contributed by atoms with van der Waals surface area (Å²) in [4.78, 5) is 10.7. The molecule has 1 rings (SSSR count). The highest BCUT2D eigenvalue weighted by Crippen LogP contribution is 2.18. The largest absolute Gasteiger partial charge is 0.356 e. The van der Waals surface area contributed by atoms with Crippen molar-refractivity contribution in [1.29, 1.82) is 0 Å². The van der Waals surface area contributed by atoms with Gasteiger partial charge in [0.2, 0.25) is 0 Å². The summed E-state index contributed by atoms with van der Waals surface area (Å²) < 4.78 is 4.95. The molecule has 1 radical (unpaired) electrons. The maximum atomic E-state index is 10.7. The molecule has 0 aliphatic carbocycles. The Hall–Kier alpha value is -0.370. The van der Waals surface area contributed by atoms with Crippen molar-refractivity contribution >= 4 is 5.78 Å². The standard InChI is InChI=1S/C9H15O2/c1-2-3-4-5-6-9-8(10)7-11-9/h7,9H,2-6H2,1H3. The van der Waals surface area contributed by atoms with E-state index < -0.39 is 0 Å². The molecule has 1 aliphatic rings. The predicted octanol–water partition coefficient (Wildman–Crippen LogP) is 2.09. The van der Waals surface area contributed by atoms with Crippen molar-refractivity contribution in [2.24, 2.45) is 0 Å². The number of ketones is 1. The van der Waals surface area contributed by atoms with Gasteiger partial charge in [0.05, 0.1) is 0 Å². The van der Waals surface area contributed by atoms with E-state index in [-0.39, 0.29) is 11.9 Å². The molecule has 1 heterocycles. The SMILES string of the molecule is CCCCCCC1O[CH]C1=O. The molecule has 0 amide bonds. The second kappa shape index (κ2) is 4.50. The van der Waals surface area contributed by atoms with Gasteiger partial charge in [-0.2, -0.15) is 0 Å². The lowest BCUT2D eigenvalue weighted by Crippen LogP contribution is -2.35. The van der Waals surface area contributed by atoms with Gasteiger partial charge in [-0.3, -0.25) is 4.79 Å². The number of Topliss-reactive ketones (excluding diaryl/α,β-unsaturated/α-hetero) is 1. The van der Waals surface area contributed by atoms with Gasteiger partial charge in [-0.25, -0.2) is 0 Å². The lowest BCUT2D eigenvalue weighted by atomic mass is 10.0. The van der Waals surface area contributed by atoms with Crippen LogP contribution in [0.1, 0.15) is 39.0 Å². The summed E-state index contributed by atoms with van der Waals surface area (Å²) in [5, 5.41) is 0. The molecule has 0 aromatic heterocycles. The number of hydrogen-bond acceptors (Lipinski definition) is 2. The van der Waals surface area contributed by atoms with Crippen LogP contribution in [0, 0.1) is 6.61 Å². The summed E-state index contributed by atoms with van der Waals surface area (Å²) in [6.45, 7) is 3.49. The third-order valence-electron chi connectivity index (χ3n) is 1.99. The molecule has 2 heteroatoms. The van der Waals surface area contributed by atoms with Crippen LogP contribution >= 0.6 is 0 Å². The summed E-state index contributed by atoms with van der Waals surface area (Å²) in [5.74, 6) is 0.168. The average Bonchev–Trinajstić information content (AvgIpc) is 2.02. The minimum absolute atomic E-state index is 0.0909. The van der Waals surface area contributed by atoms with Crippen LogP contribution < -0.4 is 0 Å². The molecule has 0 spiro atoms. The Bertz CT molecular complexity index is 132. The van der Waals surface area contributed by atoms with E-state index in [0.29, 0.717) is 0 Å². The van der Waals surface area contributed by atoms with E-state index in [4.69, 9.17) is 4.74 Å². The highest BCUT2D eigenvalue weighted by atomic mass is 16.5. The topological polar surface area (TPSA) is 26.3 Å². The fourth-order valence-electron chi connectivity index (χ4n) is 1.19. The van der Waals surface area contributed by atoms with Crippen LogP contribution in [-0.2, 0) is 9.53 Å². The van der Waals surface area contributed by atoms with E-state index in [0.717, 1.165) is 12.8 Å². The zero-order valence-electron chi connectivity index (χ0n) is 7.01. The lowest BCUT2D eigenvalue weighted by molar-refractivity contribution is -0.144. The van der Waals surface area contributed by atoms with E-state index >= 15 is 0 Å². The smallest absolute Gasteiger partial charge is 0.193 e. The van der Waals surface area contributed by atoms with Gasteiger partial charge in [0, 0.05) is 0 Å². The Morgan fingerprint density at radius 3 is 2.73 bits per heavy atom. The highest BCUT2D eigenvalue weighted by molar-refractivity contribution is 5.94. The molecule has 1 fully saturated rings. The number of ether oxygens (including phenoxy) is 1.